The number of Topliss-reactive ketones (excluding diaryl/α,β-unsaturated/α-hetero) is 1. The topological polar surface area (TPSA) is 54.5 Å². The average Bonchev–Trinajstić information content (AvgIpc) is 2.70. The van der Waals surface area contributed by atoms with Crippen molar-refractivity contribution in [2.24, 2.45) is 5.92 Å². The molecule has 2 heterocycles. The molecule has 1 aromatic rings. The van der Waals surface area contributed by atoms with Gasteiger partial charge >= 0.3 is 0 Å². The van der Waals surface area contributed by atoms with E-state index in [-0.39, 0.29) is 11.7 Å². The molecule has 7 heteroatoms. The van der Waals surface area contributed by atoms with Crippen molar-refractivity contribution in [3.63, 3.8) is 0 Å². The first kappa shape index (κ1) is 15.2. The van der Waals surface area contributed by atoms with Crippen molar-refractivity contribution >= 4 is 43.1 Å². The number of thiophene rings is 1. The minimum absolute atomic E-state index is 0.0726. The highest BCUT2D eigenvalue weighted by atomic mass is 79.9. The lowest BCUT2D eigenvalue weighted by Gasteiger charge is -2.30. The van der Waals surface area contributed by atoms with Crippen LogP contribution in [0.2, 0.25) is 0 Å². The standard InChI is InChI=1S/C12H16BrNO3S2/c1-8-6-11(18-12(8)13)19(16,17)14-5-3-4-10(7-14)9(2)15/h6,10H,3-5,7H2,1-2H3. The Bertz CT molecular complexity index is 575. The summed E-state index contributed by atoms with van der Waals surface area (Å²) in [6.07, 6.45) is 1.53. The van der Waals surface area contributed by atoms with Crippen molar-refractivity contribution in [3.05, 3.63) is 15.4 Å². The Labute approximate surface area is 126 Å². The van der Waals surface area contributed by atoms with Crippen molar-refractivity contribution in [3.8, 4) is 0 Å². The van der Waals surface area contributed by atoms with E-state index in [1.807, 2.05) is 6.92 Å². The van der Waals surface area contributed by atoms with Gasteiger partial charge in [0.25, 0.3) is 10.0 Å². The number of sulfonamides is 1. The van der Waals surface area contributed by atoms with E-state index in [9.17, 15) is 13.2 Å². The number of ketones is 1. The number of carbonyl (C=O) groups is 1. The fourth-order valence-electron chi connectivity index (χ4n) is 2.18. The predicted octanol–water partition coefficient (Wildman–Crippen LogP) is 2.81. The van der Waals surface area contributed by atoms with Gasteiger partial charge < -0.3 is 0 Å². The zero-order valence-electron chi connectivity index (χ0n) is 10.8. The summed E-state index contributed by atoms with van der Waals surface area (Å²) >= 11 is 4.58. The van der Waals surface area contributed by atoms with Crippen LogP contribution in [0.25, 0.3) is 0 Å². The Morgan fingerprint density at radius 2 is 2.21 bits per heavy atom. The molecule has 0 bridgehead atoms. The van der Waals surface area contributed by atoms with Crippen molar-refractivity contribution in [1.82, 2.24) is 4.31 Å². The summed E-state index contributed by atoms with van der Waals surface area (Å²) in [6.45, 7) is 4.22. The van der Waals surface area contributed by atoms with Crippen LogP contribution in [0.15, 0.2) is 14.1 Å². The average molecular weight is 366 g/mol. The van der Waals surface area contributed by atoms with Crippen molar-refractivity contribution in [2.75, 3.05) is 13.1 Å². The minimum atomic E-state index is -3.46. The van der Waals surface area contributed by atoms with Crippen LogP contribution < -0.4 is 0 Å². The van der Waals surface area contributed by atoms with E-state index in [0.29, 0.717) is 17.3 Å². The van der Waals surface area contributed by atoms with E-state index < -0.39 is 10.0 Å². The number of rotatable bonds is 3. The normalized spacial score (nSPS) is 21.5. The molecule has 0 radical (unpaired) electrons. The van der Waals surface area contributed by atoms with E-state index in [1.165, 1.54) is 22.6 Å². The van der Waals surface area contributed by atoms with Crippen LogP contribution in [0, 0.1) is 12.8 Å². The number of halogens is 1. The number of piperidine rings is 1. The maximum atomic E-state index is 12.5. The summed E-state index contributed by atoms with van der Waals surface area (Å²) in [7, 11) is -3.46. The summed E-state index contributed by atoms with van der Waals surface area (Å²) in [5.41, 5.74) is 0.920. The highest BCUT2D eigenvalue weighted by molar-refractivity contribution is 9.11. The van der Waals surface area contributed by atoms with Gasteiger partial charge in [0.1, 0.15) is 9.99 Å². The smallest absolute Gasteiger partial charge is 0.252 e. The van der Waals surface area contributed by atoms with E-state index in [4.69, 9.17) is 0 Å². The molecule has 106 valence electrons. The van der Waals surface area contributed by atoms with Gasteiger partial charge in [-0.2, -0.15) is 4.31 Å². The van der Waals surface area contributed by atoms with Gasteiger partial charge in [-0.25, -0.2) is 8.42 Å². The fraction of sp³-hybridized carbons (Fsp3) is 0.583. The number of hydrogen-bond donors (Lipinski definition) is 0. The van der Waals surface area contributed by atoms with Crippen LogP contribution in [-0.4, -0.2) is 31.6 Å². The molecule has 1 aliphatic heterocycles. The van der Waals surface area contributed by atoms with Crippen LogP contribution in [0.5, 0.6) is 0 Å². The molecule has 19 heavy (non-hydrogen) atoms. The van der Waals surface area contributed by atoms with Crippen LogP contribution in [0.4, 0.5) is 0 Å². The lowest BCUT2D eigenvalue weighted by molar-refractivity contribution is -0.121. The highest BCUT2D eigenvalue weighted by Gasteiger charge is 2.33. The molecule has 0 saturated carbocycles. The lowest BCUT2D eigenvalue weighted by Crippen LogP contribution is -2.41. The van der Waals surface area contributed by atoms with E-state index in [0.717, 1.165) is 22.2 Å². The summed E-state index contributed by atoms with van der Waals surface area (Å²) in [5.74, 6) is -0.0866. The summed E-state index contributed by atoms with van der Waals surface area (Å²) in [5, 5.41) is 0. The van der Waals surface area contributed by atoms with Gasteiger partial charge in [0.15, 0.2) is 0 Å². The first-order valence-corrected chi connectivity index (χ1v) is 9.14. The quantitative estimate of drug-likeness (QED) is 0.827. The lowest BCUT2D eigenvalue weighted by atomic mass is 9.96. The molecule has 0 N–H and O–H groups in total. The second-order valence-corrected chi connectivity index (χ2v) is 9.37. The van der Waals surface area contributed by atoms with Gasteiger partial charge in [-0.3, -0.25) is 4.79 Å². The molecule has 0 amide bonds. The Balaban J connectivity index is 2.26. The molecule has 1 saturated heterocycles. The van der Waals surface area contributed by atoms with E-state index >= 15 is 0 Å². The number of hydrogen-bond acceptors (Lipinski definition) is 4. The van der Waals surface area contributed by atoms with Gasteiger partial charge in [0, 0.05) is 19.0 Å². The molecule has 0 aromatic carbocycles. The third-order valence-electron chi connectivity index (χ3n) is 3.39. The first-order chi connectivity index (χ1) is 8.82. The highest BCUT2D eigenvalue weighted by Crippen LogP contribution is 2.33. The van der Waals surface area contributed by atoms with Crippen molar-refractivity contribution in [2.45, 2.75) is 30.9 Å². The van der Waals surface area contributed by atoms with Crippen LogP contribution in [-0.2, 0) is 14.8 Å². The van der Waals surface area contributed by atoms with E-state index in [2.05, 4.69) is 15.9 Å². The second-order valence-electron chi connectivity index (χ2n) is 4.84. The van der Waals surface area contributed by atoms with Gasteiger partial charge in [-0.1, -0.05) is 0 Å². The third kappa shape index (κ3) is 3.09. The monoisotopic (exact) mass is 365 g/mol. The zero-order valence-corrected chi connectivity index (χ0v) is 14.1. The van der Waals surface area contributed by atoms with Gasteiger partial charge in [-0.05, 0) is 54.2 Å². The Kier molecular flexibility index (Phi) is 4.49. The Hall–Kier alpha value is -0.240. The molecule has 0 spiro atoms. The molecule has 1 unspecified atom stereocenters. The largest absolute Gasteiger partial charge is 0.300 e. The predicted molar refractivity (Wildman–Crippen MR) is 78.9 cm³/mol. The third-order valence-corrected chi connectivity index (χ3v) is 7.84. The van der Waals surface area contributed by atoms with Gasteiger partial charge in [0.2, 0.25) is 0 Å². The number of aryl methyl sites for hydroxylation is 1. The van der Waals surface area contributed by atoms with Crippen LogP contribution >= 0.6 is 27.3 Å². The van der Waals surface area contributed by atoms with Gasteiger partial charge in [0.05, 0.1) is 3.79 Å². The van der Waals surface area contributed by atoms with Crippen LogP contribution in [0.1, 0.15) is 25.3 Å². The van der Waals surface area contributed by atoms with E-state index in [1.54, 1.807) is 6.07 Å². The molecule has 4 nitrogen and oxygen atoms in total. The second kappa shape index (κ2) is 5.63. The molecule has 1 fully saturated rings. The number of nitrogens with zero attached hydrogens (tertiary/aromatic N) is 1. The summed E-state index contributed by atoms with van der Waals surface area (Å²) in [4.78, 5) is 11.4. The van der Waals surface area contributed by atoms with Crippen molar-refractivity contribution < 1.29 is 13.2 Å². The molecule has 0 aliphatic carbocycles. The fourth-order valence-corrected chi connectivity index (χ4v) is 6.08. The SMILES string of the molecule is CC(=O)C1CCCN(S(=O)(=O)c2cc(C)c(Br)s2)C1. The maximum Gasteiger partial charge on any atom is 0.252 e. The summed E-state index contributed by atoms with van der Waals surface area (Å²) in [6, 6.07) is 1.68. The van der Waals surface area contributed by atoms with Gasteiger partial charge in [-0.15, -0.1) is 11.3 Å². The number of carbonyl (C=O) groups excluding carboxylic acids is 1. The summed E-state index contributed by atoms with van der Waals surface area (Å²) < 4.78 is 27.7. The Morgan fingerprint density at radius 1 is 1.53 bits per heavy atom. The molecule has 1 aromatic heterocycles. The minimum Gasteiger partial charge on any atom is -0.300 e. The van der Waals surface area contributed by atoms with Crippen molar-refractivity contribution in [1.29, 1.82) is 0 Å². The maximum absolute atomic E-state index is 12.5. The Morgan fingerprint density at radius 3 is 2.74 bits per heavy atom. The molecular formula is C12H16BrNO3S2. The molecule has 1 aliphatic rings. The molecule has 2 rings (SSSR count). The van der Waals surface area contributed by atoms with Crippen LogP contribution in [0.3, 0.4) is 0 Å². The molecular weight excluding hydrogens is 350 g/mol. The molecule has 1 atom stereocenters. The zero-order chi connectivity index (χ0) is 14.2. The first-order valence-electron chi connectivity index (χ1n) is 6.09.